The molecular weight excluding hydrogens is 246 g/mol. The molecule has 2 aromatic heterocycles. The summed E-state index contributed by atoms with van der Waals surface area (Å²) < 4.78 is 0. The number of carbonyl (C=O) groups excluding carboxylic acids is 1. The molecule has 5 heteroatoms. The number of aromatic nitrogens is 2. The van der Waals surface area contributed by atoms with Crippen molar-refractivity contribution < 1.29 is 4.79 Å². The summed E-state index contributed by atoms with van der Waals surface area (Å²) in [5.41, 5.74) is 0. The van der Waals surface area contributed by atoms with Gasteiger partial charge in [0.2, 0.25) is 5.91 Å². The molecule has 0 unspecified atom stereocenters. The minimum Gasteiger partial charge on any atom is -0.309 e. The number of thiophene rings is 1. The van der Waals surface area contributed by atoms with E-state index in [0.717, 1.165) is 12.8 Å². The van der Waals surface area contributed by atoms with Crippen molar-refractivity contribution >= 4 is 23.1 Å². The SMILES string of the molecule is Cc1ccc(CCCC(=O)Nc2cnccn2)s1. The summed E-state index contributed by atoms with van der Waals surface area (Å²) in [4.78, 5) is 22.2. The van der Waals surface area contributed by atoms with Crippen LogP contribution in [0.4, 0.5) is 5.82 Å². The second-order valence-electron chi connectivity index (χ2n) is 4.00. The number of hydrogen-bond acceptors (Lipinski definition) is 4. The zero-order valence-corrected chi connectivity index (χ0v) is 11.0. The lowest BCUT2D eigenvalue weighted by atomic mass is 10.2. The van der Waals surface area contributed by atoms with Crippen molar-refractivity contribution in [1.29, 1.82) is 0 Å². The first-order valence-electron chi connectivity index (χ1n) is 5.85. The highest BCUT2D eigenvalue weighted by molar-refractivity contribution is 7.11. The van der Waals surface area contributed by atoms with E-state index in [0.29, 0.717) is 12.2 Å². The second-order valence-corrected chi connectivity index (χ2v) is 5.38. The van der Waals surface area contributed by atoms with Crippen LogP contribution < -0.4 is 5.32 Å². The summed E-state index contributed by atoms with van der Waals surface area (Å²) in [6.45, 7) is 2.09. The van der Waals surface area contributed by atoms with Crippen molar-refractivity contribution in [3.63, 3.8) is 0 Å². The Morgan fingerprint density at radius 1 is 1.39 bits per heavy atom. The van der Waals surface area contributed by atoms with Crippen LogP contribution in [0.1, 0.15) is 22.6 Å². The Morgan fingerprint density at radius 2 is 2.28 bits per heavy atom. The van der Waals surface area contributed by atoms with Crippen molar-refractivity contribution in [1.82, 2.24) is 9.97 Å². The van der Waals surface area contributed by atoms with Gasteiger partial charge in [0, 0.05) is 28.6 Å². The van der Waals surface area contributed by atoms with E-state index in [4.69, 9.17) is 0 Å². The molecule has 0 aromatic carbocycles. The number of aryl methyl sites for hydroxylation is 2. The molecule has 1 N–H and O–H groups in total. The number of hydrogen-bond donors (Lipinski definition) is 1. The highest BCUT2D eigenvalue weighted by Gasteiger charge is 2.04. The summed E-state index contributed by atoms with van der Waals surface area (Å²) in [6.07, 6.45) is 6.99. The first-order chi connectivity index (χ1) is 8.74. The monoisotopic (exact) mass is 261 g/mol. The summed E-state index contributed by atoms with van der Waals surface area (Å²) in [5, 5.41) is 2.72. The second kappa shape index (κ2) is 6.26. The van der Waals surface area contributed by atoms with Crippen LogP contribution in [0.25, 0.3) is 0 Å². The Kier molecular flexibility index (Phi) is 4.41. The molecule has 0 saturated carbocycles. The molecule has 18 heavy (non-hydrogen) atoms. The highest BCUT2D eigenvalue weighted by Crippen LogP contribution is 2.17. The summed E-state index contributed by atoms with van der Waals surface area (Å²) in [5.74, 6) is 0.498. The van der Waals surface area contributed by atoms with Gasteiger partial charge in [-0.15, -0.1) is 11.3 Å². The number of rotatable bonds is 5. The lowest BCUT2D eigenvalue weighted by Gasteiger charge is -2.02. The minimum atomic E-state index is -0.0104. The Hall–Kier alpha value is -1.75. The Bertz CT molecular complexity index is 510. The molecule has 1 amide bonds. The highest BCUT2D eigenvalue weighted by atomic mass is 32.1. The van der Waals surface area contributed by atoms with Gasteiger partial charge in [-0.25, -0.2) is 4.98 Å². The number of nitrogens with one attached hydrogen (secondary N) is 1. The topological polar surface area (TPSA) is 54.9 Å². The summed E-state index contributed by atoms with van der Waals surface area (Å²) in [6, 6.07) is 4.24. The van der Waals surface area contributed by atoms with Crippen LogP contribution in [-0.4, -0.2) is 15.9 Å². The molecular formula is C13H15N3OS. The average molecular weight is 261 g/mol. The number of carbonyl (C=O) groups is 1. The maximum absolute atomic E-state index is 11.6. The van der Waals surface area contributed by atoms with Gasteiger partial charge in [-0.3, -0.25) is 9.78 Å². The Morgan fingerprint density at radius 3 is 2.94 bits per heavy atom. The predicted molar refractivity (Wildman–Crippen MR) is 72.7 cm³/mol. The molecule has 2 heterocycles. The van der Waals surface area contributed by atoms with Gasteiger partial charge in [-0.1, -0.05) is 0 Å². The van der Waals surface area contributed by atoms with Crippen LogP contribution >= 0.6 is 11.3 Å². The van der Waals surface area contributed by atoms with Crippen LogP contribution in [-0.2, 0) is 11.2 Å². The van der Waals surface area contributed by atoms with E-state index in [1.54, 1.807) is 29.9 Å². The fraction of sp³-hybridized carbons (Fsp3) is 0.308. The largest absolute Gasteiger partial charge is 0.309 e. The van der Waals surface area contributed by atoms with Crippen LogP contribution in [0, 0.1) is 6.92 Å². The smallest absolute Gasteiger partial charge is 0.225 e. The third-order valence-corrected chi connectivity index (χ3v) is 3.51. The molecule has 4 nitrogen and oxygen atoms in total. The zero-order chi connectivity index (χ0) is 12.8. The van der Waals surface area contributed by atoms with Gasteiger partial charge in [-0.2, -0.15) is 0 Å². The molecule has 0 fully saturated rings. The number of anilines is 1. The van der Waals surface area contributed by atoms with Crippen molar-refractivity contribution in [3.05, 3.63) is 40.5 Å². The Labute approximate surface area is 110 Å². The zero-order valence-electron chi connectivity index (χ0n) is 10.2. The molecule has 0 aliphatic carbocycles. The van der Waals surface area contributed by atoms with Gasteiger partial charge in [0.25, 0.3) is 0 Å². The molecule has 0 aliphatic heterocycles. The van der Waals surface area contributed by atoms with Gasteiger partial charge in [-0.05, 0) is 31.9 Å². The average Bonchev–Trinajstić information content (AvgIpc) is 2.76. The molecule has 0 spiro atoms. The van der Waals surface area contributed by atoms with E-state index in [1.165, 1.54) is 9.75 Å². The van der Waals surface area contributed by atoms with Crippen molar-refractivity contribution in [2.24, 2.45) is 0 Å². The summed E-state index contributed by atoms with van der Waals surface area (Å²) in [7, 11) is 0. The van der Waals surface area contributed by atoms with Crippen LogP contribution in [0.5, 0.6) is 0 Å². The van der Waals surface area contributed by atoms with E-state index in [9.17, 15) is 4.79 Å². The first-order valence-corrected chi connectivity index (χ1v) is 6.67. The Balaban J connectivity index is 1.72. The molecule has 2 aromatic rings. The van der Waals surface area contributed by atoms with Crippen molar-refractivity contribution in [3.8, 4) is 0 Å². The third-order valence-electron chi connectivity index (χ3n) is 2.45. The number of nitrogens with zero attached hydrogens (tertiary/aromatic N) is 2. The standard InChI is InChI=1S/C13H15N3OS/c1-10-5-6-11(18-10)3-2-4-13(17)16-12-9-14-7-8-15-12/h5-9H,2-4H2,1H3,(H,15,16,17). The van der Waals surface area contributed by atoms with Gasteiger partial charge >= 0.3 is 0 Å². The summed E-state index contributed by atoms with van der Waals surface area (Å²) >= 11 is 1.79. The third kappa shape index (κ3) is 3.92. The van der Waals surface area contributed by atoms with Gasteiger partial charge in [0.1, 0.15) is 0 Å². The predicted octanol–water partition coefficient (Wildman–Crippen LogP) is 2.81. The molecule has 0 radical (unpaired) electrons. The first kappa shape index (κ1) is 12.7. The van der Waals surface area contributed by atoms with Crippen LogP contribution in [0.2, 0.25) is 0 Å². The van der Waals surface area contributed by atoms with E-state index in [-0.39, 0.29) is 5.91 Å². The van der Waals surface area contributed by atoms with Crippen molar-refractivity contribution in [2.45, 2.75) is 26.2 Å². The fourth-order valence-electron chi connectivity index (χ4n) is 1.61. The maximum Gasteiger partial charge on any atom is 0.225 e. The fourth-order valence-corrected chi connectivity index (χ4v) is 2.54. The molecule has 0 saturated heterocycles. The normalized spacial score (nSPS) is 10.3. The molecule has 94 valence electrons. The lowest BCUT2D eigenvalue weighted by Crippen LogP contribution is -2.12. The molecule has 0 bridgehead atoms. The number of amides is 1. The van der Waals surface area contributed by atoms with Gasteiger partial charge in [0.05, 0.1) is 6.20 Å². The quantitative estimate of drug-likeness (QED) is 0.900. The van der Waals surface area contributed by atoms with E-state index in [2.05, 4.69) is 34.3 Å². The van der Waals surface area contributed by atoms with E-state index in [1.807, 2.05) is 0 Å². The van der Waals surface area contributed by atoms with Gasteiger partial charge < -0.3 is 5.32 Å². The maximum atomic E-state index is 11.6. The minimum absolute atomic E-state index is 0.0104. The van der Waals surface area contributed by atoms with Crippen LogP contribution in [0.3, 0.4) is 0 Å². The molecule has 0 atom stereocenters. The van der Waals surface area contributed by atoms with Gasteiger partial charge in [0.15, 0.2) is 5.82 Å². The van der Waals surface area contributed by atoms with E-state index >= 15 is 0 Å². The van der Waals surface area contributed by atoms with E-state index < -0.39 is 0 Å². The molecule has 0 aliphatic rings. The molecule has 2 rings (SSSR count). The lowest BCUT2D eigenvalue weighted by molar-refractivity contribution is -0.116. The van der Waals surface area contributed by atoms with Crippen molar-refractivity contribution in [2.75, 3.05) is 5.32 Å². The van der Waals surface area contributed by atoms with Crippen LogP contribution in [0.15, 0.2) is 30.7 Å².